The molecule has 68 valence electrons. The highest BCUT2D eigenvalue weighted by atomic mass is 35.7. The second kappa shape index (κ2) is 2.63. The maximum Gasteiger partial charge on any atom is 0.436 e. The maximum atomic E-state index is 11.8. The van der Waals surface area contributed by atoms with Gasteiger partial charge in [0.25, 0.3) is 0 Å². The molecule has 0 radical (unpaired) electrons. The Hall–Kier alpha value is 0.250. The predicted octanol–water partition coefficient (Wildman–Crippen LogP) is 1.98. The molecule has 0 aliphatic rings. The lowest BCUT2D eigenvalue weighted by molar-refractivity contribution is -0.0948. The van der Waals surface area contributed by atoms with Crippen molar-refractivity contribution in [1.29, 1.82) is 0 Å². The molecule has 0 rings (SSSR count). The molecule has 11 heavy (non-hydrogen) atoms. The molecule has 0 heterocycles. The lowest BCUT2D eigenvalue weighted by atomic mass is 10.7. The Kier molecular flexibility index (Phi) is 2.69. The zero-order chi connectivity index (χ0) is 9.50. The largest absolute Gasteiger partial charge is 0.436 e. The van der Waals surface area contributed by atoms with E-state index in [0.717, 1.165) is 0 Å². The van der Waals surface area contributed by atoms with Gasteiger partial charge in [-0.3, -0.25) is 0 Å². The molecule has 0 atom stereocenters. The van der Waals surface area contributed by atoms with E-state index in [2.05, 4.69) is 22.3 Å². The smallest absolute Gasteiger partial charge is 0.205 e. The van der Waals surface area contributed by atoms with E-state index in [1.807, 2.05) is 0 Å². The van der Waals surface area contributed by atoms with Gasteiger partial charge < -0.3 is 0 Å². The van der Waals surface area contributed by atoms with E-state index in [0.29, 0.717) is 0 Å². The first-order valence-corrected chi connectivity index (χ1v) is 4.57. The Morgan fingerprint density at radius 1 is 1.09 bits per heavy atom. The van der Waals surface area contributed by atoms with Crippen LogP contribution in [0.2, 0.25) is 0 Å². The second-order valence-electron chi connectivity index (χ2n) is 1.45. The van der Waals surface area contributed by atoms with Gasteiger partial charge in [0.2, 0.25) is 0 Å². The molecule has 0 aromatic heterocycles. The van der Waals surface area contributed by atoms with E-state index in [-0.39, 0.29) is 0 Å². The van der Waals surface area contributed by atoms with Gasteiger partial charge in [0.1, 0.15) is 0 Å². The van der Waals surface area contributed by atoms with Crippen LogP contribution in [0.4, 0.5) is 17.6 Å². The van der Waals surface area contributed by atoms with Gasteiger partial charge in [0.15, 0.2) is 0 Å². The highest BCUT2D eigenvalue weighted by molar-refractivity contribution is 8.14. The Labute approximate surface area is 68.5 Å². The topological polar surface area (TPSA) is 34.1 Å². The molecule has 0 saturated carbocycles. The summed E-state index contributed by atoms with van der Waals surface area (Å²) in [5.74, 6) is 0. The Balaban J connectivity index is 5.08. The van der Waals surface area contributed by atoms with Crippen LogP contribution in [0, 0.1) is 0 Å². The molecule has 9 heteroatoms. The minimum absolute atomic E-state index is 3.76. The molecule has 2 nitrogen and oxygen atoms in total. The van der Waals surface area contributed by atoms with Crippen molar-refractivity contribution in [3.8, 4) is 0 Å². The summed E-state index contributed by atoms with van der Waals surface area (Å²) in [4.78, 5) is 0. The fourth-order valence-electron chi connectivity index (χ4n) is 0.138. The van der Waals surface area contributed by atoms with Crippen LogP contribution >= 0.6 is 22.3 Å². The van der Waals surface area contributed by atoms with Crippen LogP contribution in [0.15, 0.2) is 0 Å². The zero-order valence-corrected chi connectivity index (χ0v) is 6.82. The summed E-state index contributed by atoms with van der Waals surface area (Å²) >= 11 is 3.76. The third kappa shape index (κ3) is 2.09. The monoisotopic (exact) mass is 234 g/mol. The SMILES string of the molecule is O=S(=O)(Cl)C(F)(F)C(F)(F)Cl. The van der Waals surface area contributed by atoms with Crippen LogP contribution in [0.3, 0.4) is 0 Å². The molecule has 0 bridgehead atoms. The molecular weight excluding hydrogens is 235 g/mol. The third-order valence-electron chi connectivity index (χ3n) is 0.636. The lowest BCUT2D eigenvalue weighted by Crippen LogP contribution is -2.40. The van der Waals surface area contributed by atoms with Crippen molar-refractivity contribution in [3.05, 3.63) is 0 Å². The summed E-state index contributed by atoms with van der Waals surface area (Å²) in [5, 5.41) is -10.7. The van der Waals surface area contributed by atoms with E-state index >= 15 is 0 Å². The van der Waals surface area contributed by atoms with Gasteiger partial charge in [-0.05, 0) is 11.6 Å². The molecule has 0 aromatic rings. The van der Waals surface area contributed by atoms with Crippen molar-refractivity contribution < 1.29 is 26.0 Å². The molecule has 0 unspecified atom stereocenters. The van der Waals surface area contributed by atoms with Crippen LogP contribution in [0.25, 0.3) is 0 Å². The quantitative estimate of drug-likeness (QED) is 0.416. The van der Waals surface area contributed by atoms with Crippen LogP contribution in [0.5, 0.6) is 0 Å². The van der Waals surface area contributed by atoms with E-state index in [9.17, 15) is 26.0 Å². The van der Waals surface area contributed by atoms with Crippen LogP contribution < -0.4 is 0 Å². The number of halogens is 6. The summed E-state index contributed by atoms with van der Waals surface area (Å²) in [7, 11) is -1.74. The lowest BCUT2D eigenvalue weighted by Gasteiger charge is -2.16. The molecular formula is C2Cl2F4O2S. The van der Waals surface area contributed by atoms with Crippen molar-refractivity contribution >= 4 is 31.3 Å². The Bertz CT molecular complexity index is 241. The number of hydrogen-bond acceptors (Lipinski definition) is 2. The predicted molar refractivity (Wildman–Crippen MR) is 30.5 cm³/mol. The normalized spacial score (nSPS) is 15.1. The van der Waals surface area contributed by atoms with Crippen molar-refractivity contribution in [2.75, 3.05) is 0 Å². The van der Waals surface area contributed by atoms with Crippen molar-refractivity contribution in [2.24, 2.45) is 0 Å². The van der Waals surface area contributed by atoms with Gasteiger partial charge in [0, 0.05) is 10.7 Å². The molecule has 0 fully saturated rings. The summed E-state index contributed by atoms with van der Waals surface area (Å²) in [6, 6.07) is 0. The molecule has 0 spiro atoms. The Morgan fingerprint density at radius 2 is 1.36 bits per heavy atom. The van der Waals surface area contributed by atoms with Gasteiger partial charge >= 0.3 is 19.7 Å². The van der Waals surface area contributed by atoms with E-state index in [1.165, 1.54) is 0 Å². The van der Waals surface area contributed by atoms with Crippen LogP contribution in [-0.2, 0) is 9.05 Å². The second-order valence-corrected chi connectivity index (χ2v) is 4.53. The van der Waals surface area contributed by atoms with Gasteiger partial charge in [0.05, 0.1) is 0 Å². The molecule has 0 N–H and O–H groups in total. The molecule has 0 aromatic carbocycles. The first-order valence-electron chi connectivity index (χ1n) is 1.89. The Morgan fingerprint density at radius 3 is 1.36 bits per heavy atom. The molecule has 0 amide bonds. The van der Waals surface area contributed by atoms with Crippen molar-refractivity contribution in [2.45, 2.75) is 10.6 Å². The molecule has 0 aliphatic heterocycles. The minimum atomic E-state index is -5.70. The highest BCUT2D eigenvalue weighted by Crippen LogP contribution is 2.43. The number of alkyl halides is 5. The average molecular weight is 235 g/mol. The van der Waals surface area contributed by atoms with Crippen molar-refractivity contribution in [1.82, 2.24) is 0 Å². The highest BCUT2D eigenvalue weighted by Gasteiger charge is 2.64. The fraction of sp³-hybridized carbons (Fsp3) is 1.00. The van der Waals surface area contributed by atoms with E-state index in [4.69, 9.17) is 0 Å². The standard InChI is InChI=1S/C2Cl2F4O2S/c3-1(5,6)2(7,8)11(4,9)10. The summed E-state index contributed by atoms with van der Waals surface area (Å²) < 4.78 is 66.3. The average Bonchev–Trinajstić information content (AvgIpc) is 1.58. The van der Waals surface area contributed by atoms with Crippen LogP contribution in [0.1, 0.15) is 0 Å². The molecule has 0 saturated heterocycles. The van der Waals surface area contributed by atoms with Crippen molar-refractivity contribution in [3.63, 3.8) is 0 Å². The minimum Gasteiger partial charge on any atom is -0.205 e. The number of hydrogen-bond donors (Lipinski definition) is 0. The van der Waals surface area contributed by atoms with Gasteiger partial charge in [-0.2, -0.15) is 17.6 Å². The van der Waals surface area contributed by atoms with Gasteiger partial charge in [-0.1, -0.05) is 0 Å². The van der Waals surface area contributed by atoms with Gasteiger partial charge in [-0.25, -0.2) is 8.42 Å². The first kappa shape index (κ1) is 11.2. The van der Waals surface area contributed by atoms with Gasteiger partial charge in [-0.15, -0.1) is 0 Å². The van der Waals surface area contributed by atoms with E-state index < -0.39 is 19.7 Å². The summed E-state index contributed by atoms with van der Waals surface area (Å²) in [5.41, 5.74) is 0. The fourth-order valence-corrected chi connectivity index (χ4v) is 1.13. The molecule has 0 aliphatic carbocycles. The third-order valence-corrected chi connectivity index (χ3v) is 2.44. The summed E-state index contributed by atoms with van der Waals surface area (Å²) in [6.07, 6.45) is 0. The van der Waals surface area contributed by atoms with E-state index in [1.54, 1.807) is 0 Å². The number of rotatable bonds is 2. The van der Waals surface area contributed by atoms with Crippen LogP contribution in [-0.4, -0.2) is 19.1 Å². The first-order chi connectivity index (χ1) is 4.50. The zero-order valence-electron chi connectivity index (χ0n) is 4.49. The summed E-state index contributed by atoms with van der Waals surface area (Å²) in [6.45, 7) is 0. The maximum absolute atomic E-state index is 11.8.